The monoisotopic (exact) mass is 413 g/mol. The van der Waals surface area contributed by atoms with Crippen LogP contribution in [-0.2, 0) is 6.54 Å². The van der Waals surface area contributed by atoms with Gasteiger partial charge in [-0.15, -0.1) is 0 Å². The Morgan fingerprint density at radius 3 is 2.61 bits per heavy atom. The fourth-order valence-electron chi connectivity index (χ4n) is 3.22. The fraction of sp³-hybridized carbons (Fsp3) is 0.0435. The largest absolute Gasteiger partial charge is 0.343 e. The van der Waals surface area contributed by atoms with Gasteiger partial charge in [0.2, 0.25) is 0 Å². The highest BCUT2D eigenvalue weighted by molar-refractivity contribution is 6.06. The summed E-state index contributed by atoms with van der Waals surface area (Å²) in [6, 6.07) is 19.8. The number of aromatic nitrogens is 3. The minimum absolute atomic E-state index is 0.182. The molecule has 4 aromatic rings. The van der Waals surface area contributed by atoms with Crippen molar-refractivity contribution in [3.8, 4) is 17.2 Å². The molecule has 8 heteroatoms. The van der Waals surface area contributed by atoms with E-state index in [1.807, 2.05) is 6.07 Å². The van der Waals surface area contributed by atoms with Gasteiger partial charge in [0.1, 0.15) is 12.1 Å². The molecule has 0 atom stereocenters. The van der Waals surface area contributed by atoms with Crippen molar-refractivity contribution in [1.82, 2.24) is 14.8 Å². The second-order valence-corrected chi connectivity index (χ2v) is 6.74. The summed E-state index contributed by atoms with van der Waals surface area (Å²) in [5.41, 5.74) is 2.79. The van der Waals surface area contributed by atoms with E-state index in [0.29, 0.717) is 16.8 Å². The van der Waals surface area contributed by atoms with Crippen LogP contribution in [0.1, 0.15) is 21.5 Å². The van der Waals surface area contributed by atoms with Gasteiger partial charge in [-0.05, 0) is 53.1 Å². The predicted molar refractivity (Wildman–Crippen MR) is 113 cm³/mol. The van der Waals surface area contributed by atoms with Crippen molar-refractivity contribution < 1.29 is 9.18 Å². The number of hydrogen-bond donors (Lipinski definition) is 2. The van der Waals surface area contributed by atoms with Crippen molar-refractivity contribution in [2.75, 3.05) is 5.32 Å². The maximum atomic E-state index is 13.9. The van der Waals surface area contributed by atoms with E-state index in [4.69, 9.17) is 5.26 Å². The highest BCUT2D eigenvalue weighted by Crippen LogP contribution is 2.27. The van der Waals surface area contributed by atoms with Crippen molar-refractivity contribution in [2.45, 2.75) is 6.54 Å². The van der Waals surface area contributed by atoms with E-state index in [2.05, 4.69) is 15.4 Å². The molecular weight excluding hydrogens is 397 g/mol. The van der Waals surface area contributed by atoms with Gasteiger partial charge in [0.15, 0.2) is 0 Å². The van der Waals surface area contributed by atoms with Gasteiger partial charge in [0.05, 0.1) is 23.7 Å². The zero-order valence-corrected chi connectivity index (χ0v) is 16.2. The Morgan fingerprint density at radius 1 is 1.13 bits per heavy atom. The Hall–Kier alpha value is -4.51. The van der Waals surface area contributed by atoms with Crippen LogP contribution in [0.3, 0.4) is 0 Å². The fourth-order valence-corrected chi connectivity index (χ4v) is 3.22. The first-order valence-corrected chi connectivity index (χ1v) is 9.35. The zero-order chi connectivity index (χ0) is 21.8. The molecule has 0 unspecified atom stereocenters. The summed E-state index contributed by atoms with van der Waals surface area (Å²) >= 11 is 0. The number of carbonyl (C=O) groups excluding carboxylic acids is 1. The maximum Gasteiger partial charge on any atom is 0.343 e. The SMILES string of the molecule is N#Cc1ccccc1C(=O)Nc1ccc(-c2cc(F)ccc2Cn2nc[nH]c2=O)cc1. The van der Waals surface area contributed by atoms with E-state index in [0.717, 1.165) is 5.56 Å². The van der Waals surface area contributed by atoms with E-state index in [-0.39, 0.29) is 23.4 Å². The maximum absolute atomic E-state index is 13.9. The molecule has 7 nitrogen and oxygen atoms in total. The number of carbonyl (C=O) groups is 1. The summed E-state index contributed by atoms with van der Waals surface area (Å²) in [6.45, 7) is 0.182. The number of nitrogens with one attached hydrogen (secondary N) is 2. The topological polar surface area (TPSA) is 104 Å². The molecule has 0 aliphatic heterocycles. The molecule has 0 aliphatic carbocycles. The molecule has 0 bridgehead atoms. The van der Waals surface area contributed by atoms with Crippen LogP contribution in [-0.4, -0.2) is 20.7 Å². The summed E-state index contributed by atoms with van der Waals surface area (Å²) in [5, 5.41) is 15.9. The number of aromatic amines is 1. The molecule has 4 rings (SSSR count). The van der Waals surface area contributed by atoms with Crippen LogP contribution in [0, 0.1) is 17.1 Å². The average Bonchev–Trinajstić information content (AvgIpc) is 3.19. The molecule has 1 aromatic heterocycles. The minimum Gasteiger partial charge on any atom is -0.322 e. The van der Waals surface area contributed by atoms with Crippen molar-refractivity contribution in [3.05, 3.63) is 106 Å². The van der Waals surface area contributed by atoms with Crippen molar-refractivity contribution in [1.29, 1.82) is 5.26 Å². The molecule has 0 spiro atoms. The summed E-state index contributed by atoms with van der Waals surface area (Å²) in [4.78, 5) is 26.7. The van der Waals surface area contributed by atoms with Gasteiger partial charge in [-0.1, -0.05) is 30.3 Å². The lowest BCUT2D eigenvalue weighted by Gasteiger charge is -2.11. The summed E-state index contributed by atoms with van der Waals surface area (Å²) in [6.07, 6.45) is 1.30. The first-order valence-electron chi connectivity index (χ1n) is 9.35. The van der Waals surface area contributed by atoms with Crippen LogP contribution in [0.15, 0.2) is 77.9 Å². The molecule has 152 valence electrons. The number of H-pyrrole nitrogens is 1. The van der Waals surface area contributed by atoms with Gasteiger partial charge < -0.3 is 5.32 Å². The lowest BCUT2D eigenvalue weighted by molar-refractivity contribution is 0.102. The third-order valence-corrected chi connectivity index (χ3v) is 4.76. The number of hydrogen-bond acceptors (Lipinski definition) is 4. The number of amides is 1. The molecule has 31 heavy (non-hydrogen) atoms. The van der Waals surface area contributed by atoms with Crippen LogP contribution in [0.4, 0.5) is 10.1 Å². The van der Waals surface area contributed by atoms with E-state index in [1.165, 1.54) is 23.1 Å². The molecule has 0 saturated carbocycles. The zero-order valence-electron chi connectivity index (χ0n) is 16.2. The predicted octanol–water partition coefficient (Wildman–Crippen LogP) is 3.55. The molecule has 0 radical (unpaired) electrons. The Labute approximate surface area is 176 Å². The second-order valence-electron chi connectivity index (χ2n) is 6.74. The van der Waals surface area contributed by atoms with Crippen LogP contribution < -0.4 is 11.0 Å². The summed E-state index contributed by atoms with van der Waals surface area (Å²) < 4.78 is 15.2. The quantitative estimate of drug-likeness (QED) is 0.522. The van der Waals surface area contributed by atoms with Crippen LogP contribution in [0.25, 0.3) is 11.1 Å². The first-order chi connectivity index (χ1) is 15.0. The Kier molecular flexibility index (Phi) is 5.41. The first kappa shape index (κ1) is 19.8. The van der Waals surface area contributed by atoms with Crippen molar-refractivity contribution in [2.24, 2.45) is 0 Å². The highest BCUT2D eigenvalue weighted by atomic mass is 19.1. The van der Waals surface area contributed by atoms with Crippen molar-refractivity contribution >= 4 is 11.6 Å². The molecule has 1 heterocycles. The van der Waals surface area contributed by atoms with Gasteiger partial charge in [0.25, 0.3) is 5.91 Å². The second kappa shape index (κ2) is 8.47. The minimum atomic E-state index is -0.404. The standard InChI is InChI=1S/C23H16FN5O2/c24-18-8-5-17(13-29-23(31)26-14-27-29)21(11-18)15-6-9-19(10-7-15)28-22(30)20-4-2-1-3-16(20)12-25/h1-11,14H,13H2,(H,28,30)(H,26,27,31). The molecular formula is C23H16FN5O2. The molecule has 0 fully saturated rings. The smallest absolute Gasteiger partial charge is 0.322 e. The number of benzene rings is 3. The molecule has 0 aliphatic rings. The van der Waals surface area contributed by atoms with Gasteiger partial charge in [-0.25, -0.2) is 13.9 Å². The van der Waals surface area contributed by atoms with E-state index < -0.39 is 11.7 Å². The molecule has 2 N–H and O–H groups in total. The number of nitriles is 1. The third-order valence-electron chi connectivity index (χ3n) is 4.76. The number of nitrogens with zero attached hydrogens (tertiary/aromatic N) is 3. The lowest BCUT2D eigenvalue weighted by atomic mass is 9.99. The third kappa shape index (κ3) is 4.26. The van der Waals surface area contributed by atoms with Crippen LogP contribution in [0.2, 0.25) is 0 Å². The average molecular weight is 413 g/mol. The lowest BCUT2D eigenvalue weighted by Crippen LogP contribution is -2.19. The van der Waals surface area contributed by atoms with Crippen LogP contribution in [0.5, 0.6) is 0 Å². The number of rotatable bonds is 5. The Balaban J connectivity index is 1.59. The van der Waals surface area contributed by atoms with Gasteiger partial charge in [-0.3, -0.25) is 9.78 Å². The highest BCUT2D eigenvalue weighted by Gasteiger charge is 2.12. The molecule has 3 aromatic carbocycles. The Morgan fingerprint density at radius 2 is 1.90 bits per heavy atom. The Bertz CT molecular complexity index is 1350. The summed E-state index contributed by atoms with van der Waals surface area (Å²) in [5.74, 6) is -0.798. The van der Waals surface area contributed by atoms with E-state index >= 15 is 0 Å². The van der Waals surface area contributed by atoms with Gasteiger partial charge in [0, 0.05) is 5.69 Å². The number of halogens is 1. The summed E-state index contributed by atoms with van der Waals surface area (Å²) in [7, 11) is 0. The van der Waals surface area contributed by atoms with Crippen molar-refractivity contribution in [3.63, 3.8) is 0 Å². The van der Waals surface area contributed by atoms with E-state index in [1.54, 1.807) is 54.6 Å². The van der Waals surface area contributed by atoms with Crippen LogP contribution >= 0.6 is 0 Å². The molecule has 0 saturated heterocycles. The molecule has 1 amide bonds. The number of anilines is 1. The normalized spacial score (nSPS) is 10.5. The van der Waals surface area contributed by atoms with Gasteiger partial charge >= 0.3 is 5.69 Å². The van der Waals surface area contributed by atoms with Gasteiger partial charge in [-0.2, -0.15) is 10.4 Å². The van der Waals surface area contributed by atoms with E-state index in [9.17, 15) is 14.0 Å².